The van der Waals surface area contributed by atoms with E-state index in [1.165, 1.54) is 12.1 Å². The third-order valence-corrected chi connectivity index (χ3v) is 2.96. The van der Waals surface area contributed by atoms with E-state index < -0.39 is 0 Å². The number of halogens is 2. The van der Waals surface area contributed by atoms with Gasteiger partial charge in [0.2, 0.25) is 5.88 Å². The summed E-state index contributed by atoms with van der Waals surface area (Å²) in [6.45, 7) is 1.78. The summed E-state index contributed by atoms with van der Waals surface area (Å²) < 4.78 is 18.7. The highest BCUT2D eigenvalue weighted by Crippen LogP contribution is 2.32. The summed E-state index contributed by atoms with van der Waals surface area (Å²) in [5.41, 5.74) is 1.50. The predicted molar refractivity (Wildman–Crippen MR) is 66.4 cm³/mol. The van der Waals surface area contributed by atoms with Crippen LogP contribution in [0.25, 0.3) is 11.3 Å². The minimum atomic E-state index is -0.275. The summed E-state index contributed by atoms with van der Waals surface area (Å²) >= 11 is 3.39. The van der Waals surface area contributed by atoms with Crippen molar-refractivity contribution in [1.82, 2.24) is 9.97 Å². The van der Waals surface area contributed by atoms with Crippen molar-refractivity contribution in [1.29, 1.82) is 0 Å². The van der Waals surface area contributed by atoms with Crippen LogP contribution in [0.3, 0.4) is 0 Å². The molecule has 0 aliphatic carbocycles. The Balaban J connectivity index is 2.58. The lowest BCUT2D eigenvalue weighted by Gasteiger charge is -2.08. The lowest BCUT2D eigenvalue weighted by Crippen LogP contribution is -1.98. The molecule has 2 aromatic rings. The Labute approximate surface area is 107 Å². The molecule has 5 heteroatoms. The van der Waals surface area contributed by atoms with Gasteiger partial charge in [0, 0.05) is 5.56 Å². The Bertz CT molecular complexity index is 543. The van der Waals surface area contributed by atoms with E-state index in [9.17, 15) is 4.39 Å². The van der Waals surface area contributed by atoms with E-state index >= 15 is 0 Å². The van der Waals surface area contributed by atoms with Gasteiger partial charge < -0.3 is 4.74 Å². The molecule has 88 valence electrons. The highest BCUT2D eigenvalue weighted by atomic mass is 79.9. The van der Waals surface area contributed by atoms with Crippen molar-refractivity contribution >= 4 is 15.9 Å². The molecule has 1 aromatic heterocycles. The molecule has 2 rings (SSSR count). The summed E-state index contributed by atoms with van der Waals surface area (Å²) in [6.07, 6.45) is 0. The second kappa shape index (κ2) is 4.79. The average Bonchev–Trinajstić information content (AvgIpc) is 2.33. The van der Waals surface area contributed by atoms with Gasteiger partial charge in [0.1, 0.15) is 16.1 Å². The Morgan fingerprint density at radius 1 is 1.18 bits per heavy atom. The summed E-state index contributed by atoms with van der Waals surface area (Å²) in [5, 5.41) is 0. The fourth-order valence-corrected chi connectivity index (χ4v) is 2.04. The molecule has 0 bridgehead atoms. The van der Waals surface area contributed by atoms with Gasteiger partial charge in [-0.3, -0.25) is 0 Å². The second-order valence-electron chi connectivity index (χ2n) is 3.45. The van der Waals surface area contributed by atoms with E-state index in [4.69, 9.17) is 4.74 Å². The molecule has 0 atom stereocenters. The Morgan fingerprint density at radius 3 is 2.41 bits per heavy atom. The highest BCUT2D eigenvalue weighted by Gasteiger charge is 2.12. The first kappa shape index (κ1) is 12.0. The quantitative estimate of drug-likeness (QED) is 0.852. The van der Waals surface area contributed by atoms with E-state index in [1.807, 2.05) is 0 Å². The summed E-state index contributed by atoms with van der Waals surface area (Å²) in [6, 6.07) is 6.12. The number of rotatable bonds is 2. The molecule has 3 nitrogen and oxygen atoms in total. The van der Waals surface area contributed by atoms with Crippen molar-refractivity contribution in [3.8, 4) is 17.1 Å². The molecule has 0 saturated heterocycles. The Hall–Kier alpha value is -1.49. The van der Waals surface area contributed by atoms with Crippen LogP contribution >= 0.6 is 15.9 Å². The van der Waals surface area contributed by atoms with E-state index in [-0.39, 0.29) is 5.82 Å². The number of hydrogen-bond donors (Lipinski definition) is 0. The molecule has 0 fully saturated rings. The molecule has 17 heavy (non-hydrogen) atoms. The van der Waals surface area contributed by atoms with Gasteiger partial charge >= 0.3 is 0 Å². The fourth-order valence-electron chi connectivity index (χ4n) is 1.47. The number of ether oxygens (including phenoxy) is 1. The largest absolute Gasteiger partial charge is 0.480 e. The van der Waals surface area contributed by atoms with Crippen molar-refractivity contribution in [2.45, 2.75) is 6.92 Å². The molecule has 0 spiro atoms. The maximum Gasteiger partial charge on any atom is 0.231 e. The lowest BCUT2D eigenvalue weighted by atomic mass is 10.1. The number of methoxy groups -OCH3 is 1. The second-order valence-corrected chi connectivity index (χ2v) is 4.24. The topological polar surface area (TPSA) is 35.0 Å². The zero-order valence-corrected chi connectivity index (χ0v) is 11.0. The van der Waals surface area contributed by atoms with Crippen LogP contribution in [0, 0.1) is 12.7 Å². The van der Waals surface area contributed by atoms with Gasteiger partial charge in [-0.05, 0) is 47.1 Å². The zero-order valence-electron chi connectivity index (χ0n) is 9.37. The van der Waals surface area contributed by atoms with Crippen LogP contribution in [0.15, 0.2) is 28.7 Å². The maximum absolute atomic E-state index is 12.9. The number of hydrogen-bond acceptors (Lipinski definition) is 3. The maximum atomic E-state index is 12.9. The Kier molecular flexibility index (Phi) is 3.38. The van der Waals surface area contributed by atoms with Gasteiger partial charge in [-0.15, -0.1) is 0 Å². The third kappa shape index (κ3) is 2.44. The van der Waals surface area contributed by atoms with Crippen LogP contribution in [0.5, 0.6) is 5.88 Å². The van der Waals surface area contributed by atoms with Crippen LogP contribution < -0.4 is 4.74 Å². The summed E-state index contributed by atoms with van der Waals surface area (Å²) in [7, 11) is 1.54. The van der Waals surface area contributed by atoms with Crippen LogP contribution in [-0.2, 0) is 0 Å². The Morgan fingerprint density at radius 2 is 1.82 bits per heavy atom. The number of aryl methyl sites for hydroxylation is 1. The lowest BCUT2D eigenvalue weighted by molar-refractivity contribution is 0.393. The molecule has 1 heterocycles. The summed E-state index contributed by atoms with van der Waals surface area (Å²) in [5.74, 6) is 0.795. The first-order valence-electron chi connectivity index (χ1n) is 4.96. The first-order chi connectivity index (χ1) is 8.11. The normalized spacial score (nSPS) is 10.4. The van der Waals surface area contributed by atoms with Gasteiger partial charge in [0.15, 0.2) is 0 Å². The van der Waals surface area contributed by atoms with Gasteiger partial charge in [-0.25, -0.2) is 9.37 Å². The van der Waals surface area contributed by atoms with Gasteiger partial charge in [-0.1, -0.05) is 0 Å². The van der Waals surface area contributed by atoms with Crippen LogP contribution in [0.4, 0.5) is 4.39 Å². The molecular formula is C12H10BrFN2O. The minimum Gasteiger partial charge on any atom is -0.480 e. The first-order valence-corrected chi connectivity index (χ1v) is 5.75. The van der Waals surface area contributed by atoms with E-state index in [0.717, 1.165) is 5.56 Å². The van der Waals surface area contributed by atoms with E-state index in [0.29, 0.717) is 21.9 Å². The van der Waals surface area contributed by atoms with Crippen molar-refractivity contribution in [3.63, 3.8) is 0 Å². The van der Waals surface area contributed by atoms with Crippen molar-refractivity contribution in [2.75, 3.05) is 7.11 Å². The van der Waals surface area contributed by atoms with E-state index in [1.54, 1.807) is 26.2 Å². The molecular weight excluding hydrogens is 287 g/mol. The fraction of sp³-hybridized carbons (Fsp3) is 0.167. The minimum absolute atomic E-state index is 0.275. The van der Waals surface area contributed by atoms with Crippen molar-refractivity contribution in [2.24, 2.45) is 0 Å². The molecule has 1 aromatic carbocycles. The molecule has 0 saturated carbocycles. The number of aromatic nitrogens is 2. The molecule has 0 unspecified atom stereocenters. The van der Waals surface area contributed by atoms with Crippen LogP contribution in [0.2, 0.25) is 0 Å². The van der Waals surface area contributed by atoms with Gasteiger partial charge in [-0.2, -0.15) is 4.98 Å². The predicted octanol–water partition coefficient (Wildman–Crippen LogP) is 3.36. The van der Waals surface area contributed by atoms with Gasteiger partial charge in [0.25, 0.3) is 0 Å². The number of benzene rings is 1. The molecule has 0 radical (unpaired) electrons. The summed E-state index contributed by atoms with van der Waals surface area (Å²) in [4.78, 5) is 8.46. The van der Waals surface area contributed by atoms with Crippen LogP contribution in [-0.4, -0.2) is 17.1 Å². The molecule has 0 amide bonds. The molecule has 0 N–H and O–H groups in total. The van der Waals surface area contributed by atoms with Crippen molar-refractivity contribution < 1.29 is 9.13 Å². The highest BCUT2D eigenvalue weighted by molar-refractivity contribution is 9.10. The smallest absolute Gasteiger partial charge is 0.231 e. The van der Waals surface area contributed by atoms with Crippen molar-refractivity contribution in [3.05, 3.63) is 40.4 Å². The monoisotopic (exact) mass is 296 g/mol. The standard InChI is InChI=1S/C12H10BrFN2O/c1-7-15-11(10(13)12(16-7)17-2)8-3-5-9(14)6-4-8/h3-6H,1-2H3. The number of nitrogens with zero attached hydrogens (tertiary/aromatic N) is 2. The zero-order chi connectivity index (χ0) is 12.4. The van der Waals surface area contributed by atoms with Gasteiger partial charge in [0.05, 0.1) is 12.8 Å². The third-order valence-electron chi connectivity index (χ3n) is 2.24. The molecule has 0 aliphatic heterocycles. The van der Waals surface area contributed by atoms with Crippen LogP contribution in [0.1, 0.15) is 5.82 Å². The van der Waals surface area contributed by atoms with E-state index in [2.05, 4.69) is 25.9 Å². The SMILES string of the molecule is COc1nc(C)nc(-c2ccc(F)cc2)c1Br. The molecule has 0 aliphatic rings. The average molecular weight is 297 g/mol.